The lowest BCUT2D eigenvalue weighted by Crippen LogP contribution is -2.09. The van der Waals surface area contributed by atoms with Crippen LogP contribution in [0.1, 0.15) is 5.56 Å². The smallest absolute Gasteiger partial charge is 0.165 e. The molecule has 0 fully saturated rings. The van der Waals surface area contributed by atoms with Gasteiger partial charge < -0.3 is 5.32 Å². The van der Waals surface area contributed by atoms with E-state index in [1.54, 1.807) is 12.4 Å². The van der Waals surface area contributed by atoms with Gasteiger partial charge in [-0.25, -0.2) is 0 Å². The van der Waals surface area contributed by atoms with Crippen LogP contribution in [0.5, 0.6) is 0 Å². The highest BCUT2D eigenvalue weighted by Crippen LogP contribution is 2.23. The van der Waals surface area contributed by atoms with Crippen LogP contribution >= 0.6 is 39.7 Å². The Balaban J connectivity index is 2.15. The van der Waals surface area contributed by atoms with E-state index in [-0.39, 0.29) is 0 Å². The third-order valence-corrected chi connectivity index (χ3v) is 3.41. The molecule has 0 aliphatic rings. The SMILES string of the molecule is S=C(Nc1snnc1Br)c1ccncc1. The molecule has 0 saturated carbocycles. The normalized spacial score (nSPS) is 9.93. The minimum atomic E-state index is 0.629. The molecule has 0 atom stereocenters. The van der Waals surface area contributed by atoms with Gasteiger partial charge in [0.05, 0.1) is 0 Å². The minimum absolute atomic E-state index is 0.629. The molecule has 4 nitrogen and oxygen atoms in total. The number of nitrogens with one attached hydrogen (secondary N) is 1. The Kier molecular flexibility index (Phi) is 3.34. The van der Waals surface area contributed by atoms with Crippen molar-refractivity contribution in [2.24, 2.45) is 0 Å². The zero-order valence-electron chi connectivity index (χ0n) is 7.35. The Morgan fingerprint density at radius 3 is 2.73 bits per heavy atom. The summed E-state index contributed by atoms with van der Waals surface area (Å²) in [6.07, 6.45) is 3.40. The van der Waals surface area contributed by atoms with Gasteiger partial charge >= 0.3 is 0 Å². The Hall–Kier alpha value is -0.920. The summed E-state index contributed by atoms with van der Waals surface area (Å²) < 4.78 is 4.45. The summed E-state index contributed by atoms with van der Waals surface area (Å²) in [4.78, 5) is 4.55. The van der Waals surface area contributed by atoms with Crippen molar-refractivity contribution in [1.29, 1.82) is 0 Å². The molecule has 1 N–H and O–H groups in total. The highest BCUT2D eigenvalue weighted by molar-refractivity contribution is 9.10. The van der Waals surface area contributed by atoms with Gasteiger partial charge in [0, 0.05) is 29.5 Å². The maximum Gasteiger partial charge on any atom is 0.165 e. The zero-order chi connectivity index (χ0) is 10.7. The standard InChI is InChI=1S/C8H5BrN4S2/c9-6-8(15-13-12-6)11-7(14)5-1-3-10-4-2-5/h1-4H,(H,11,14). The summed E-state index contributed by atoms with van der Waals surface area (Å²) in [5, 5.41) is 7.67. The molecule has 2 rings (SSSR count). The van der Waals surface area contributed by atoms with Crippen LogP contribution in [0, 0.1) is 0 Å². The highest BCUT2D eigenvalue weighted by Gasteiger charge is 2.07. The van der Waals surface area contributed by atoms with Gasteiger partial charge in [-0.2, -0.15) is 0 Å². The van der Waals surface area contributed by atoms with E-state index < -0.39 is 0 Å². The molecule has 2 aromatic heterocycles. The van der Waals surface area contributed by atoms with Crippen LogP contribution in [0.3, 0.4) is 0 Å². The largest absolute Gasteiger partial charge is 0.334 e. The Morgan fingerprint density at radius 2 is 2.13 bits per heavy atom. The second-order valence-corrected chi connectivity index (χ2v) is 4.50. The third-order valence-electron chi connectivity index (χ3n) is 1.62. The third kappa shape index (κ3) is 2.55. The van der Waals surface area contributed by atoms with Crippen LogP contribution in [0.4, 0.5) is 5.00 Å². The van der Waals surface area contributed by atoms with Crippen LogP contribution < -0.4 is 5.32 Å². The van der Waals surface area contributed by atoms with E-state index in [4.69, 9.17) is 12.2 Å². The summed E-state index contributed by atoms with van der Waals surface area (Å²) in [5.41, 5.74) is 0.917. The molecule has 76 valence electrons. The second kappa shape index (κ2) is 4.73. The molecule has 0 radical (unpaired) electrons. The van der Waals surface area contributed by atoms with Gasteiger partial charge in [0.1, 0.15) is 9.99 Å². The molecule has 0 saturated heterocycles. The molecule has 2 aromatic rings. The van der Waals surface area contributed by atoms with Crippen molar-refractivity contribution in [3.63, 3.8) is 0 Å². The maximum atomic E-state index is 5.22. The molecule has 0 aromatic carbocycles. The molecule has 7 heteroatoms. The number of rotatable bonds is 2. The van der Waals surface area contributed by atoms with Crippen LogP contribution in [0.15, 0.2) is 29.1 Å². The molecule has 0 unspecified atom stereocenters. The number of nitrogens with zero attached hydrogens (tertiary/aromatic N) is 3. The molecule has 0 amide bonds. The number of hydrogen-bond donors (Lipinski definition) is 1. The summed E-state index contributed by atoms with van der Waals surface area (Å²) in [5.74, 6) is 0. The van der Waals surface area contributed by atoms with E-state index in [9.17, 15) is 0 Å². The second-order valence-electron chi connectivity index (χ2n) is 2.58. The molecule has 0 spiro atoms. The lowest BCUT2D eigenvalue weighted by molar-refractivity contribution is 1.13. The van der Waals surface area contributed by atoms with Crippen molar-refractivity contribution in [2.75, 3.05) is 5.32 Å². The highest BCUT2D eigenvalue weighted by atomic mass is 79.9. The fourth-order valence-corrected chi connectivity index (χ4v) is 2.20. The lowest BCUT2D eigenvalue weighted by Gasteiger charge is -2.04. The molecule has 15 heavy (non-hydrogen) atoms. The summed E-state index contributed by atoms with van der Waals surface area (Å²) in [7, 11) is 0. The maximum absolute atomic E-state index is 5.22. The molecule has 0 aliphatic heterocycles. The molecular formula is C8H5BrN4S2. The average molecular weight is 301 g/mol. The van der Waals surface area contributed by atoms with Crippen LogP contribution in [-0.2, 0) is 0 Å². The van der Waals surface area contributed by atoms with Crippen molar-refractivity contribution in [3.05, 3.63) is 34.7 Å². The first-order valence-corrected chi connectivity index (χ1v) is 5.94. The fraction of sp³-hybridized carbons (Fsp3) is 0. The van der Waals surface area contributed by atoms with Crippen LogP contribution in [-0.4, -0.2) is 19.6 Å². The number of anilines is 1. The van der Waals surface area contributed by atoms with Crippen molar-refractivity contribution in [2.45, 2.75) is 0 Å². The average Bonchev–Trinajstić information content (AvgIpc) is 2.66. The number of hydrogen-bond acceptors (Lipinski definition) is 5. The summed E-state index contributed by atoms with van der Waals surface area (Å²) >= 11 is 9.74. The monoisotopic (exact) mass is 300 g/mol. The van der Waals surface area contributed by atoms with Crippen LogP contribution in [0.25, 0.3) is 0 Å². The lowest BCUT2D eigenvalue weighted by atomic mass is 10.3. The van der Waals surface area contributed by atoms with Crippen molar-refractivity contribution in [1.82, 2.24) is 14.6 Å². The fourth-order valence-electron chi connectivity index (χ4n) is 0.933. The van der Waals surface area contributed by atoms with E-state index in [2.05, 4.69) is 35.8 Å². The first-order chi connectivity index (χ1) is 7.27. The minimum Gasteiger partial charge on any atom is -0.334 e. The van der Waals surface area contributed by atoms with Crippen LogP contribution in [0.2, 0.25) is 0 Å². The van der Waals surface area contributed by atoms with Gasteiger partial charge in [-0.3, -0.25) is 4.98 Å². The summed E-state index contributed by atoms with van der Waals surface area (Å²) in [6.45, 7) is 0. The van der Waals surface area contributed by atoms with Crippen molar-refractivity contribution >= 4 is 49.7 Å². The Morgan fingerprint density at radius 1 is 1.40 bits per heavy atom. The van der Waals surface area contributed by atoms with Gasteiger partial charge in [0.2, 0.25) is 0 Å². The van der Waals surface area contributed by atoms with Crippen molar-refractivity contribution in [3.8, 4) is 0 Å². The quantitative estimate of drug-likeness (QED) is 0.864. The van der Waals surface area contributed by atoms with Gasteiger partial charge in [-0.15, -0.1) is 5.10 Å². The van der Waals surface area contributed by atoms with Gasteiger partial charge in [-0.1, -0.05) is 16.7 Å². The van der Waals surface area contributed by atoms with E-state index in [1.165, 1.54) is 11.5 Å². The number of thiocarbonyl (C=S) groups is 1. The van der Waals surface area contributed by atoms with Gasteiger partial charge in [-0.05, 0) is 28.1 Å². The van der Waals surface area contributed by atoms with E-state index in [0.717, 1.165) is 10.6 Å². The number of pyridine rings is 1. The number of halogens is 1. The summed E-state index contributed by atoms with van der Waals surface area (Å²) in [6, 6.07) is 3.69. The Labute approximate surface area is 104 Å². The van der Waals surface area contributed by atoms with E-state index in [0.29, 0.717) is 9.59 Å². The molecule has 2 heterocycles. The van der Waals surface area contributed by atoms with E-state index in [1.807, 2.05) is 12.1 Å². The first-order valence-electron chi connectivity index (χ1n) is 3.96. The predicted octanol–water partition coefficient (Wildman–Crippen LogP) is 2.48. The molecule has 0 bridgehead atoms. The van der Waals surface area contributed by atoms with E-state index >= 15 is 0 Å². The Bertz CT molecular complexity index is 471. The van der Waals surface area contributed by atoms with Gasteiger partial charge in [0.15, 0.2) is 4.60 Å². The molecule has 0 aliphatic carbocycles. The van der Waals surface area contributed by atoms with Gasteiger partial charge in [0.25, 0.3) is 0 Å². The molecular weight excluding hydrogens is 296 g/mol. The zero-order valence-corrected chi connectivity index (χ0v) is 10.6. The topological polar surface area (TPSA) is 50.7 Å². The number of aromatic nitrogens is 3. The first kappa shape index (κ1) is 10.6. The van der Waals surface area contributed by atoms with Crippen molar-refractivity contribution < 1.29 is 0 Å². The predicted molar refractivity (Wildman–Crippen MR) is 67.2 cm³/mol.